The highest BCUT2D eigenvalue weighted by molar-refractivity contribution is 6.10. The predicted molar refractivity (Wildman–Crippen MR) is 107 cm³/mol. The summed E-state index contributed by atoms with van der Waals surface area (Å²) in [7, 11) is 0. The zero-order valence-corrected chi connectivity index (χ0v) is 15.2. The first-order chi connectivity index (χ1) is 13.7. The SMILES string of the molecule is O=C1NC(=O)N(COCc2ccccc2)C2C1=CC=CC=C2c1ccccc1. The van der Waals surface area contributed by atoms with Gasteiger partial charge in [-0.05, 0) is 16.7 Å². The van der Waals surface area contributed by atoms with Crippen LogP contribution in [0.4, 0.5) is 4.79 Å². The Bertz CT molecular complexity index is 962. The molecule has 1 aliphatic heterocycles. The summed E-state index contributed by atoms with van der Waals surface area (Å²) in [5, 5.41) is 2.42. The average Bonchev–Trinajstić information content (AvgIpc) is 2.95. The van der Waals surface area contributed by atoms with Crippen LogP contribution < -0.4 is 5.32 Å². The van der Waals surface area contributed by atoms with Gasteiger partial charge in [-0.15, -0.1) is 0 Å². The summed E-state index contributed by atoms with van der Waals surface area (Å²) in [6.07, 6.45) is 7.40. The summed E-state index contributed by atoms with van der Waals surface area (Å²) in [5.41, 5.74) is 3.38. The summed E-state index contributed by atoms with van der Waals surface area (Å²) < 4.78 is 5.82. The molecule has 1 unspecified atom stereocenters. The molecular weight excluding hydrogens is 352 g/mol. The van der Waals surface area contributed by atoms with Crippen molar-refractivity contribution in [1.82, 2.24) is 10.2 Å². The van der Waals surface area contributed by atoms with Gasteiger partial charge in [0.2, 0.25) is 0 Å². The Balaban J connectivity index is 1.62. The summed E-state index contributed by atoms with van der Waals surface area (Å²) in [6.45, 7) is 0.452. The molecule has 5 heteroatoms. The molecule has 2 aromatic carbocycles. The van der Waals surface area contributed by atoms with Gasteiger partial charge in [-0.3, -0.25) is 15.0 Å². The normalized spacial score (nSPS) is 18.7. The maximum Gasteiger partial charge on any atom is 0.326 e. The fraction of sp³-hybridized carbons (Fsp3) is 0.130. The van der Waals surface area contributed by atoms with E-state index in [0.717, 1.165) is 16.7 Å². The van der Waals surface area contributed by atoms with Crippen LogP contribution in [-0.4, -0.2) is 29.6 Å². The molecule has 0 spiro atoms. The topological polar surface area (TPSA) is 58.6 Å². The molecule has 1 aliphatic carbocycles. The van der Waals surface area contributed by atoms with Crippen molar-refractivity contribution in [1.29, 1.82) is 0 Å². The van der Waals surface area contributed by atoms with E-state index in [-0.39, 0.29) is 12.6 Å². The Morgan fingerprint density at radius 2 is 1.50 bits per heavy atom. The van der Waals surface area contributed by atoms with Crippen LogP contribution in [0.3, 0.4) is 0 Å². The van der Waals surface area contributed by atoms with Crippen LogP contribution in [0, 0.1) is 0 Å². The molecule has 1 fully saturated rings. The van der Waals surface area contributed by atoms with Crippen LogP contribution in [-0.2, 0) is 16.1 Å². The van der Waals surface area contributed by atoms with Gasteiger partial charge in [0.25, 0.3) is 5.91 Å². The molecular formula is C23H20N2O3. The Hall–Kier alpha value is -3.44. The van der Waals surface area contributed by atoms with E-state index in [4.69, 9.17) is 4.74 Å². The van der Waals surface area contributed by atoms with Crippen molar-refractivity contribution in [2.24, 2.45) is 0 Å². The highest BCUT2D eigenvalue weighted by atomic mass is 16.5. The lowest BCUT2D eigenvalue weighted by Crippen LogP contribution is -2.57. The fourth-order valence-corrected chi connectivity index (χ4v) is 3.42. The number of carbonyl (C=O) groups is 2. The van der Waals surface area contributed by atoms with Gasteiger partial charge in [0.15, 0.2) is 0 Å². The molecule has 0 bridgehead atoms. The maximum atomic E-state index is 12.6. The van der Waals surface area contributed by atoms with Crippen molar-refractivity contribution < 1.29 is 14.3 Å². The Kier molecular flexibility index (Phi) is 5.17. The second-order valence-electron chi connectivity index (χ2n) is 6.59. The number of hydrogen-bond donors (Lipinski definition) is 1. The number of nitrogens with one attached hydrogen (secondary N) is 1. The van der Waals surface area contributed by atoms with E-state index < -0.39 is 12.1 Å². The van der Waals surface area contributed by atoms with E-state index in [1.807, 2.05) is 78.9 Å². The molecule has 3 amide bonds. The molecule has 2 aliphatic rings. The lowest BCUT2D eigenvalue weighted by molar-refractivity contribution is -0.118. The Morgan fingerprint density at radius 1 is 0.857 bits per heavy atom. The van der Waals surface area contributed by atoms with Gasteiger partial charge in [-0.2, -0.15) is 0 Å². The Labute approximate surface area is 163 Å². The molecule has 140 valence electrons. The maximum absolute atomic E-state index is 12.6. The number of amides is 3. The van der Waals surface area contributed by atoms with Gasteiger partial charge in [-0.25, -0.2) is 4.79 Å². The minimum atomic E-state index is -0.505. The van der Waals surface area contributed by atoms with Crippen molar-refractivity contribution in [3.8, 4) is 0 Å². The van der Waals surface area contributed by atoms with Crippen molar-refractivity contribution >= 4 is 17.5 Å². The quantitative estimate of drug-likeness (QED) is 0.871. The summed E-state index contributed by atoms with van der Waals surface area (Å²) in [6, 6.07) is 18.6. The van der Waals surface area contributed by atoms with Gasteiger partial charge in [0.1, 0.15) is 6.73 Å². The van der Waals surface area contributed by atoms with E-state index >= 15 is 0 Å². The molecule has 5 nitrogen and oxygen atoms in total. The van der Waals surface area contributed by atoms with Gasteiger partial charge in [0.05, 0.1) is 12.6 Å². The number of ether oxygens (including phenoxy) is 1. The second-order valence-corrected chi connectivity index (χ2v) is 6.59. The minimum Gasteiger partial charge on any atom is -0.356 e. The smallest absolute Gasteiger partial charge is 0.326 e. The number of urea groups is 1. The number of hydrogen-bond acceptors (Lipinski definition) is 3. The van der Waals surface area contributed by atoms with Crippen LogP contribution in [0.2, 0.25) is 0 Å². The molecule has 1 atom stereocenters. The van der Waals surface area contributed by atoms with Gasteiger partial charge in [-0.1, -0.05) is 85.0 Å². The largest absolute Gasteiger partial charge is 0.356 e. The van der Waals surface area contributed by atoms with E-state index in [2.05, 4.69) is 5.32 Å². The van der Waals surface area contributed by atoms with E-state index in [1.54, 1.807) is 11.0 Å². The number of carbonyl (C=O) groups excluding carboxylic acids is 2. The third-order valence-corrected chi connectivity index (χ3v) is 4.76. The molecule has 2 aromatic rings. The van der Waals surface area contributed by atoms with Crippen LogP contribution in [0.1, 0.15) is 11.1 Å². The highest BCUT2D eigenvalue weighted by Crippen LogP contribution is 2.32. The number of fused-ring (bicyclic) bond motifs is 1. The Morgan fingerprint density at radius 3 is 2.21 bits per heavy atom. The standard InChI is InChI=1S/C23H20N2O3/c26-22-20-14-8-7-13-19(18-11-5-2-6-12-18)21(20)25(23(27)24-22)16-28-15-17-9-3-1-4-10-17/h1-14,21H,15-16H2,(H,24,26,27). The first kappa shape index (κ1) is 17.9. The molecule has 1 N–H and O–H groups in total. The van der Waals surface area contributed by atoms with Crippen molar-refractivity contribution in [2.75, 3.05) is 6.73 Å². The zero-order valence-electron chi connectivity index (χ0n) is 15.2. The third kappa shape index (κ3) is 3.66. The molecule has 4 rings (SSSR count). The van der Waals surface area contributed by atoms with Crippen LogP contribution in [0.25, 0.3) is 5.57 Å². The lowest BCUT2D eigenvalue weighted by atomic mass is 9.90. The lowest BCUT2D eigenvalue weighted by Gasteiger charge is -2.37. The molecule has 1 heterocycles. The number of nitrogens with zero attached hydrogens (tertiary/aromatic N) is 1. The molecule has 28 heavy (non-hydrogen) atoms. The average molecular weight is 372 g/mol. The van der Waals surface area contributed by atoms with E-state index in [1.165, 1.54) is 0 Å². The molecule has 0 aromatic heterocycles. The summed E-state index contributed by atoms with van der Waals surface area (Å²) in [4.78, 5) is 26.7. The third-order valence-electron chi connectivity index (χ3n) is 4.76. The number of rotatable bonds is 5. The summed E-state index contributed by atoms with van der Waals surface area (Å²) in [5.74, 6) is -0.373. The predicted octanol–water partition coefficient (Wildman–Crippen LogP) is 3.66. The molecule has 0 saturated carbocycles. The van der Waals surface area contributed by atoms with Crippen molar-refractivity contribution in [2.45, 2.75) is 12.6 Å². The number of allylic oxidation sites excluding steroid dienone is 4. The van der Waals surface area contributed by atoms with Crippen molar-refractivity contribution in [3.63, 3.8) is 0 Å². The summed E-state index contributed by atoms with van der Waals surface area (Å²) >= 11 is 0. The molecule has 0 radical (unpaired) electrons. The number of benzene rings is 2. The minimum absolute atomic E-state index is 0.0696. The van der Waals surface area contributed by atoms with Crippen LogP contribution >= 0.6 is 0 Å². The van der Waals surface area contributed by atoms with E-state index in [0.29, 0.717) is 12.2 Å². The van der Waals surface area contributed by atoms with E-state index in [9.17, 15) is 9.59 Å². The van der Waals surface area contributed by atoms with Gasteiger partial charge in [0, 0.05) is 5.57 Å². The monoisotopic (exact) mass is 372 g/mol. The van der Waals surface area contributed by atoms with Gasteiger partial charge >= 0.3 is 6.03 Å². The van der Waals surface area contributed by atoms with Crippen LogP contribution in [0.15, 0.2) is 90.5 Å². The number of imide groups is 1. The first-order valence-corrected chi connectivity index (χ1v) is 9.11. The van der Waals surface area contributed by atoms with Crippen LogP contribution in [0.5, 0.6) is 0 Å². The highest BCUT2D eigenvalue weighted by Gasteiger charge is 2.39. The zero-order chi connectivity index (χ0) is 19.3. The first-order valence-electron chi connectivity index (χ1n) is 9.11. The van der Waals surface area contributed by atoms with Crippen molar-refractivity contribution in [3.05, 3.63) is 102 Å². The second kappa shape index (κ2) is 8.06. The fourth-order valence-electron chi connectivity index (χ4n) is 3.42. The van der Waals surface area contributed by atoms with Gasteiger partial charge < -0.3 is 4.74 Å². The molecule has 1 saturated heterocycles.